The molecule has 3 heterocycles. The van der Waals surface area contributed by atoms with E-state index in [1.165, 1.54) is 71.5 Å². The van der Waals surface area contributed by atoms with Gasteiger partial charge in [0.15, 0.2) is 0 Å². The van der Waals surface area contributed by atoms with Gasteiger partial charge in [-0.1, -0.05) is 0 Å². The lowest BCUT2D eigenvalue weighted by Gasteiger charge is -2.42. The lowest BCUT2D eigenvalue weighted by Crippen LogP contribution is -2.53. The molecule has 0 unspecified atom stereocenters. The lowest BCUT2D eigenvalue weighted by atomic mass is 9.93. The van der Waals surface area contributed by atoms with Gasteiger partial charge in [-0.3, -0.25) is 14.6 Å². The van der Waals surface area contributed by atoms with E-state index in [4.69, 9.17) is 5.11 Å². The second-order valence-electron chi connectivity index (χ2n) is 8.11. The van der Waals surface area contributed by atoms with Crippen LogP contribution in [0.3, 0.4) is 0 Å². The van der Waals surface area contributed by atoms with E-state index in [9.17, 15) is 4.79 Å². The Labute approximate surface area is 201 Å². The van der Waals surface area contributed by atoms with E-state index in [1.54, 1.807) is 0 Å². The number of likely N-dealkylation sites (tertiary alicyclic amines) is 1. The third kappa shape index (κ3) is 11.1. The smallest absolute Gasteiger partial charge is 0.317 e. The van der Waals surface area contributed by atoms with Gasteiger partial charge >= 0.3 is 5.97 Å². The Kier molecular flexibility index (Phi) is 18.6. The molecule has 0 bridgehead atoms. The Hall–Kier alpha value is 0.470. The maximum Gasteiger partial charge on any atom is 0.317 e. The molecular weight excluding hydrogens is 458 g/mol. The predicted molar refractivity (Wildman–Crippen MR) is 129 cm³/mol. The largest absolute Gasteiger partial charge is 0.480 e. The average Bonchev–Trinajstić information content (AvgIpc) is 2.63. The van der Waals surface area contributed by atoms with Crippen LogP contribution in [0.2, 0.25) is 0 Å². The number of carboxylic acids is 1. The fraction of sp³-hybridized carbons (Fsp3) is 0.947. The summed E-state index contributed by atoms with van der Waals surface area (Å²) in [6.07, 6.45) is 7.76. The molecule has 0 spiro atoms. The summed E-state index contributed by atoms with van der Waals surface area (Å²) in [7, 11) is 0. The molecule has 0 aromatic rings. The van der Waals surface area contributed by atoms with Crippen LogP contribution in [0.15, 0.2) is 0 Å². The van der Waals surface area contributed by atoms with E-state index in [2.05, 4.69) is 20.0 Å². The minimum Gasteiger partial charge on any atom is -0.480 e. The van der Waals surface area contributed by atoms with Gasteiger partial charge in [0.2, 0.25) is 0 Å². The molecule has 3 aliphatic heterocycles. The minimum absolute atomic E-state index is 0. The molecule has 176 valence electrons. The number of hydrogen-bond donors (Lipinski definition) is 2. The van der Waals surface area contributed by atoms with Crippen LogP contribution >= 0.6 is 49.6 Å². The van der Waals surface area contributed by atoms with E-state index < -0.39 is 5.97 Å². The van der Waals surface area contributed by atoms with Crippen molar-refractivity contribution in [1.29, 1.82) is 0 Å². The molecule has 6 nitrogen and oxygen atoms in total. The van der Waals surface area contributed by atoms with Gasteiger partial charge in [0, 0.05) is 45.3 Å². The van der Waals surface area contributed by atoms with Crippen LogP contribution in [0.25, 0.3) is 0 Å². The van der Waals surface area contributed by atoms with Crippen molar-refractivity contribution < 1.29 is 9.90 Å². The Morgan fingerprint density at radius 2 is 1.41 bits per heavy atom. The average molecular weight is 498 g/mol. The fourth-order valence-electron chi connectivity index (χ4n) is 4.76. The van der Waals surface area contributed by atoms with Gasteiger partial charge in [-0.05, 0) is 64.1 Å². The maximum absolute atomic E-state index is 10.8. The number of carboxylic acid groups (broad SMARTS) is 1. The molecule has 10 heteroatoms. The fourth-order valence-corrected chi connectivity index (χ4v) is 4.76. The Morgan fingerprint density at radius 3 is 1.97 bits per heavy atom. The summed E-state index contributed by atoms with van der Waals surface area (Å²) in [4.78, 5) is 18.2. The van der Waals surface area contributed by atoms with Crippen molar-refractivity contribution >= 4 is 55.6 Å². The second-order valence-corrected chi connectivity index (χ2v) is 8.11. The molecule has 0 aliphatic carbocycles. The van der Waals surface area contributed by atoms with Gasteiger partial charge in [-0.15, -0.1) is 49.6 Å². The summed E-state index contributed by atoms with van der Waals surface area (Å²) in [6, 6.07) is 0.668. The summed E-state index contributed by atoms with van der Waals surface area (Å²) < 4.78 is 0. The highest BCUT2D eigenvalue weighted by Crippen LogP contribution is 2.20. The number of rotatable bonds is 7. The number of carbonyl (C=O) groups is 1. The first-order valence-electron chi connectivity index (χ1n) is 10.3. The maximum atomic E-state index is 10.8. The third-order valence-electron chi connectivity index (χ3n) is 6.38. The molecule has 0 atom stereocenters. The van der Waals surface area contributed by atoms with Gasteiger partial charge in [0.1, 0.15) is 0 Å². The van der Waals surface area contributed by atoms with E-state index in [0.717, 1.165) is 31.8 Å². The molecule has 3 aliphatic rings. The minimum atomic E-state index is -0.698. The normalized spacial score (nSPS) is 22.5. The van der Waals surface area contributed by atoms with Crippen LogP contribution in [0, 0.1) is 5.92 Å². The summed E-state index contributed by atoms with van der Waals surface area (Å²) >= 11 is 0. The zero-order valence-electron chi connectivity index (χ0n) is 17.3. The van der Waals surface area contributed by atoms with E-state index in [-0.39, 0.29) is 56.2 Å². The number of piperidine rings is 2. The summed E-state index contributed by atoms with van der Waals surface area (Å²) in [5.74, 6) is 0.259. The molecule has 29 heavy (non-hydrogen) atoms. The van der Waals surface area contributed by atoms with Gasteiger partial charge in [0.25, 0.3) is 0 Å². The zero-order valence-corrected chi connectivity index (χ0v) is 20.6. The zero-order chi connectivity index (χ0) is 17.5. The highest BCUT2D eigenvalue weighted by Gasteiger charge is 2.27. The standard InChI is InChI=1S/C19H36N4O2.4ClH/c24-19(25)16-22-10-5-18(6-11-22)23-14-12-21(13-15-23)9-1-2-17-3-7-20-8-4-17;;;;/h17-18,20H,1-16H2,(H,24,25);4*1H. The summed E-state index contributed by atoms with van der Waals surface area (Å²) in [6.45, 7) is 10.6. The Bertz CT molecular complexity index is 415. The van der Waals surface area contributed by atoms with Crippen molar-refractivity contribution in [3.8, 4) is 0 Å². The van der Waals surface area contributed by atoms with Crippen LogP contribution < -0.4 is 5.32 Å². The van der Waals surface area contributed by atoms with Crippen LogP contribution in [-0.2, 0) is 4.79 Å². The summed E-state index contributed by atoms with van der Waals surface area (Å²) in [5.41, 5.74) is 0. The molecule has 0 saturated carbocycles. The van der Waals surface area contributed by atoms with Crippen LogP contribution in [0.4, 0.5) is 0 Å². The van der Waals surface area contributed by atoms with Crippen molar-refractivity contribution in [1.82, 2.24) is 20.0 Å². The van der Waals surface area contributed by atoms with E-state index >= 15 is 0 Å². The van der Waals surface area contributed by atoms with E-state index in [0.29, 0.717) is 6.04 Å². The Morgan fingerprint density at radius 1 is 0.828 bits per heavy atom. The first-order chi connectivity index (χ1) is 12.2. The van der Waals surface area contributed by atoms with Crippen LogP contribution in [-0.4, -0.2) is 97.3 Å². The van der Waals surface area contributed by atoms with Gasteiger partial charge in [-0.2, -0.15) is 0 Å². The highest BCUT2D eigenvalue weighted by molar-refractivity contribution is 5.86. The molecule has 0 aromatic carbocycles. The number of nitrogens with one attached hydrogen (secondary N) is 1. The predicted octanol–water partition coefficient (Wildman–Crippen LogP) is 2.62. The molecule has 3 fully saturated rings. The topological polar surface area (TPSA) is 59.1 Å². The van der Waals surface area contributed by atoms with Gasteiger partial charge in [-0.25, -0.2) is 0 Å². The van der Waals surface area contributed by atoms with Gasteiger partial charge in [0.05, 0.1) is 6.54 Å². The number of aliphatic carboxylic acids is 1. The van der Waals surface area contributed by atoms with Crippen molar-refractivity contribution in [3.05, 3.63) is 0 Å². The molecule has 3 rings (SSSR count). The number of piperazine rings is 1. The SMILES string of the molecule is Cl.Cl.Cl.Cl.O=C(O)CN1CCC(N2CCN(CCCC3CCNCC3)CC2)CC1. The molecule has 2 N–H and O–H groups in total. The second kappa shape index (κ2) is 17.1. The monoisotopic (exact) mass is 496 g/mol. The molecule has 0 radical (unpaired) electrons. The quantitative estimate of drug-likeness (QED) is 0.563. The third-order valence-corrected chi connectivity index (χ3v) is 6.38. The summed E-state index contributed by atoms with van der Waals surface area (Å²) in [5, 5.41) is 12.4. The number of nitrogens with zero attached hydrogens (tertiary/aromatic N) is 3. The van der Waals surface area contributed by atoms with Crippen LogP contribution in [0.5, 0.6) is 0 Å². The Balaban J connectivity index is 0. The first-order valence-corrected chi connectivity index (χ1v) is 10.3. The lowest BCUT2D eigenvalue weighted by molar-refractivity contribution is -0.138. The van der Waals surface area contributed by atoms with Crippen molar-refractivity contribution in [3.63, 3.8) is 0 Å². The number of hydrogen-bond acceptors (Lipinski definition) is 5. The molecule has 3 saturated heterocycles. The molecular formula is C19H40Cl4N4O2. The first kappa shape index (κ1) is 31.7. The van der Waals surface area contributed by atoms with Crippen molar-refractivity contribution in [2.24, 2.45) is 5.92 Å². The molecule has 0 aromatic heterocycles. The van der Waals surface area contributed by atoms with Crippen molar-refractivity contribution in [2.45, 2.75) is 44.6 Å². The highest BCUT2D eigenvalue weighted by atomic mass is 35.5. The van der Waals surface area contributed by atoms with Gasteiger partial charge < -0.3 is 15.3 Å². The van der Waals surface area contributed by atoms with Crippen LogP contribution in [0.1, 0.15) is 38.5 Å². The van der Waals surface area contributed by atoms with Crippen molar-refractivity contribution in [2.75, 3.05) is 65.4 Å². The molecule has 0 amide bonds. The van der Waals surface area contributed by atoms with E-state index in [1.807, 2.05) is 0 Å². The number of halogens is 4.